The average Bonchev–Trinajstić information content (AvgIpc) is 4.15. The second-order valence-electron chi connectivity index (χ2n) is 22.5. The third kappa shape index (κ3) is 10.2. The molecular weight excluding hydrogens is 1030 g/mol. The summed E-state index contributed by atoms with van der Waals surface area (Å²) in [5.74, 6) is 0.0435. The third-order valence-corrected chi connectivity index (χ3v) is 16.8. The molecule has 13 rings (SSSR count). The minimum absolute atomic E-state index is 0.0329. The van der Waals surface area contributed by atoms with Gasteiger partial charge in [0.1, 0.15) is 47.6 Å². The van der Waals surface area contributed by atoms with Gasteiger partial charge in [-0.25, -0.2) is 9.07 Å². The Bertz CT molecular complexity index is 3630. The zero-order valence-electron chi connectivity index (χ0n) is 45.3. The van der Waals surface area contributed by atoms with E-state index >= 15 is 4.39 Å². The number of nitrogens with one attached hydrogen (secondary N) is 3. The van der Waals surface area contributed by atoms with Crippen LogP contribution in [0.2, 0.25) is 0 Å². The summed E-state index contributed by atoms with van der Waals surface area (Å²) in [5.41, 5.74) is 8.49. The molecule has 8 heterocycles. The minimum Gasteiger partial charge on any atom is -0.486 e. The van der Waals surface area contributed by atoms with Gasteiger partial charge in [0.2, 0.25) is 11.8 Å². The van der Waals surface area contributed by atoms with Crippen molar-refractivity contribution >= 4 is 39.4 Å². The first-order chi connectivity index (χ1) is 39.5. The fraction of sp³-hybridized carbons (Fsp3) is 0.417. The predicted octanol–water partition coefficient (Wildman–Crippen LogP) is 6.91. The number of aromatic nitrogens is 9. The number of aliphatic hydroxyl groups excluding tert-OH is 2. The molecule has 0 radical (unpaired) electrons. The summed E-state index contributed by atoms with van der Waals surface area (Å²) >= 11 is 0. The number of halogens is 1. The molecule has 81 heavy (non-hydrogen) atoms. The molecule has 5 fully saturated rings. The van der Waals surface area contributed by atoms with E-state index in [1.807, 2.05) is 50.2 Å². The van der Waals surface area contributed by atoms with Crippen LogP contribution in [0.15, 0.2) is 91.6 Å². The number of hydrogen-bond acceptors (Lipinski definition) is 16. The highest BCUT2D eigenvalue weighted by Crippen LogP contribution is 2.53. The fourth-order valence-corrected chi connectivity index (χ4v) is 12.3. The van der Waals surface area contributed by atoms with Gasteiger partial charge in [-0.15, -0.1) is 5.10 Å². The zero-order valence-corrected chi connectivity index (χ0v) is 45.3. The first kappa shape index (κ1) is 52.4. The summed E-state index contributed by atoms with van der Waals surface area (Å²) in [5, 5.41) is 45.9. The SMILES string of the molecule is Cc1c(F)cc2[nH]ncc2c1-c1c(C2CC2)cc2c(N3C[C@@H]4C[C@H]3CN4)nc(OC3CCOCC3)nc2c1OCc1ccc(-c2cn([C@H](C(=O)N3C[C@H](O)C[C@H]3C(=O)N[C@@H](CO)c3ccc(-c4cnccn4)cc3)C(C)C)nn2)cc1. The van der Waals surface area contributed by atoms with Crippen LogP contribution in [0.5, 0.6) is 11.8 Å². The quantitative estimate of drug-likeness (QED) is 0.0622. The molecule has 1 aliphatic carbocycles. The van der Waals surface area contributed by atoms with Crippen molar-refractivity contribution in [3.8, 4) is 45.4 Å². The monoisotopic (exact) mass is 1100 g/mol. The molecule has 5 N–H and O–H groups in total. The molecule has 4 aromatic carbocycles. The van der Waals surface area contributed by atoms with Crippen LogP contribution < -0.4 is 25.0 Å². The second kappa shape index (κ2) is 21.8. The van der Waals surface area contributed by atoms with Crippen molar-refractivity contribution in [2.45, 2.75) is 114 Å². The van der Waals surface area contributed by atoms with E-state index in [4.69, 9.17) is 24.2 Å². The lowest BCUT2D eigenvalue weighted by atomic mass is 9.88. The maximum absolute atomic E-state index is 16.2. The number of aliphatic hydroxyl groups is 2. The highest BCUT2D eigenvalue weighted by atomic mass is 19.1. The summed E-state index contributed by atoms with van der Waals surface area (Å²) in [4.78, 5) is 51.3. The Morgan fingerprint density at radius 2 is 1.72 bits per heavy atom. The number of hydrogen-bond donors (Lipinski definition) is 5. The summed E-state index contributed by atoms with van der Waals surface area (Å²) in [7, 11) is 0. The van der Waals surface area contributed by atoms with Crippen LogP contribution >= 0.6 is 0 Å². The van der Waals surface area contributed by atoms with Gasteiger partial charge in [-0.1, -0.05) is 67.6 Å². The number of likely N-dealkylation sites (tertiary alicyclic amines) is 1. The lowest BCUT2D eigenvalue weighted by Crippen LogP contribution is -2.50. The van der Waals surface area contributed by atoms with Crippen LogP contribution in [0.4, 0.5) is 10.2 Å². The van der Waals surface area contributed by atoms with E-state index in [9.17, 15) is 19.8 Å². The normalized spacial score (nSPS) is 20.9. The minimum atomic E-state index is -0.992. The van der Waals surface area contributed by atoms with Gasteiger partial charge in [0.15, 0.2) is 5.75 Å². The lowest BCUT2D eigenvalue weighted by molar-refractivity contribution is -0.142. The summed E-state index contributed by atoms with van der Waals surface area (Å²) < 4.78 is 37.1. The summed E-state index contributed by atoms with van der Waals surface area (Å²) in [6.45, 7) is 8.15. The van der Waals surface area contributed by atoms with Crippen molar-refractivity contribution in [3.05, 3.63) is 120 Å². The number of piperazine rings is 1. The molecule has 1 saturated carbocycles. The smallest absolute Gasteiger partial charge is 0.319 e. The third-order valence-electron chi connectivity index (χ3n) is 16.8. The Morgan fingerprint density at radius 3 is 2.43 bits per heavy atom. The Balaban J connectivity index is 0.785. The van der Waals surface area contributed by atoms with E-state index < -0.39 is 30.1 Å². The molecule has 21 heteroatoms. The van der Waals surface area contributed by atoms with E-state index in [-0.39, 0.29) is 67.9 Å². The number of fused-ring (bicyclic) bond motifs is 4. The number of nitrogens with zero attached hydrogens (tertiary/aromatic N) is 10. The Hall–Kier alpha value is -7.98. The van der Waals surface area contributed by atoms with Crippen molar-refractivity contribution in [1.29, 1.82) is 0 Å². The van der Waals surface area contributed by atoms with Crippen molar-refractivity contribution in [1.82, 2.24) is 60.7 Å². The topological polar surface area (TPSA) is 244 Å². The number of aromatic amines is 1. The van der Waals surface area contributed by atoms with Crippen molar-refractivity contribution < 1.29 is 38.4 Å². The van der Waals surface area contributed by atoms with Gasteiger partial charge in [0, 0.05) is 96.4 Å². The number of ether oxygens (including phenoxy) is 3. The van der Waals surface area contributed by atoms with Crippen LogP contribution in [-0.4, -0.2) is 142 Å². The highest BCUT2D eigenvalue weighted by molar-refractivity contribution is 6.06. The van der Waals surface area contributed by atoms with Crippen LogP contribution in [0.3, 0.4) is 0 Å². The number of amides is 2. The fourth-order valence-electron chi connectivity index (χ4n) is 12.3. The number of rotatable bonds is 17. The van der Waals surface area contributed by atoms with Gasteiger partial charge in [-0.3, -0.25) is 24.7 Å². The summed E-state index contributed by atoms with van der Waals surface area (Å²) in [6, 6.07) is 17.1. The molecule has 6 atom stereocenters. The van der Waals surface area contributed by atoms with Crippen LogP contribution in [-0.2, 0) is 20.9 Å². The number of H-pyrrole nitrogens is 1. The predicted molar refractivity (Wildman–Crippen MR) is 299 cm³/mol. The lowest BCUT2D eigenvalue weighted by Gasteiger charge is -2.31. The molecule has 8 aromatic rings. The van der Waals surface area contributed by atoms with Gasteiger partial charge in [0.25, 0.3) is 0 Å². The number of benzene rings is 4. The van der Waals surface area contributed by atoms with Gasteiger partial charge in [0.05, 0.1) is 61.8 Å². The second-order valence-corrected chi connectivity index (χ2v) is 22.5. The van der Waals surface area contributed by atoms with Crippen LogP contribution in [0, 0.1) is 18.7 Å². The molecule has 4 aromatic heterocycles. The zero-order chi connectivity index (χ0) is 55.5. The first-order valence-electron chi connectivity index (χ1n) is 28.1. The number of β-amino-alcohol motifs (C(OH)–C–C–N with tert-alkyl or cyclic N) is 1. The highest BCUT2D eigenvalue weighted by Gasteiger charge is 2.44. The molecular formula is C60H64FN13O7. The van der Waals surface area contributed by atoms with Gasteiger partial charge in [-0.05, 0) is 72.4 Å². The van der Waals surface area contributed by atoms with Gasteiger partial charge < -0.3 is 44.9 Å². The van der Waals surface area contributed by atoms with Crippen LogP contribution in [0.25, 0.3) is 55.4 Å². The number of anilines is 1. The molecule has 2 amide bonds. The van der Waals surface area contributed by atoms with Crippen LogP contribution in [0.1, 0.15) is 92.6 Å². The summed E-state index contributed by atoms with van der Waals surface area (Å²) in [6.07, 6.45) is 11.7. The van der Waals surface area contributed by atoms with Gasteiger partial charge in [-0.2, -0.15) is 15.1 Å². The molecule has 0 unspecified atom stereocenters. The largest absolute Gasteiger partial charge is 0.486 e. The molecule has 20 nitrogen and oxygen atoms in total. The van der Waals surface area contributed by atoms with E-state index in [1.165, 1.54) is 15.6 Å². The maximum Gasteiger partial charge on any atom is 0.319 e. The van der Waals surface area contributed by atoms with E-state index in [1.54, 1.807) is 50.0 Å². The molecule has 418 valence electrons. The Labute approximate surface area is 466 Å². The van der Waals surface area contributed by atoms with E-state index in [0.717, 1.165) is 89.6 Å². The molecule has 4 aliphatic heterocycles. The Kier molecular flexibility index (Phi) is 14.1. The first-order valence-corrected chi connectivity index (χ1v) is 28.1. The van der Waals surface area contributed by atoms with E-state index in [0.29, 0.717) is 64.1 Å². The Morgan fingerprint density at radius 1 is 0.926 bits per heavy atom. The standard InChI is InChI=1S/C60H64FN13O7/c1-32(2)55(59(78)73-28-41(76)21-51(73)58(77)66-50(30-75)38-12-10-36(11-13-38)48-26-62-16-17-63-48)74-29-49(70-71-74)37-6-4-34(5-7-37)31-80-56-53(52-33(3)46(61)23-47-45(52)25-65-69-47)43(35-8-9-35)22-44-54(56)67-60(81-42-14-18-79-19-15-42)68-57(44)72-27-39-20-40(72)24-64-39/h4-7,10-13,16-17,22-23,25-26,29,32,35,39-42,50-51,55,64,75-76H,8-9,14-15,18-21,24,27-28,30-31H2,1-3H3,(H,65,69)(H,66,77)/t39-,40-,41+,50-,51-,55-/m0/s1. The molecule has 4 saturated heterocycles. The molecule has 5 aliphatic rings. The van der Waals surface area contributed by atoms with Gasteiger partial charge >= 0.3 is 6.01 Å². The van der Waals surface area contributed by atoms with Crippen molar-refractivity contribution in [2.24, 2.45) is 5.92 Å². The van der Waals surface area contributed by atoms with Crippen molar-refractivity contribution in [2.75, 3.05) is 44.4 Å². The van der Waals surface area contributed by atoms with Crippen molar-refractivity contribution in [3.63, 3.8) is 0 Å². The average molecular weight is 1100 g/mol. The molecule has 2 bridgehead atoms. The van der Waals surface area contributed by atoms with E-state index in [2.05, 4.69) is 52.1 Å². The maximum atomic E-state index is 16.2. The number of carbonyl (C=O) groups excluding carboxylic acids is 2. The number of carbonyl (C=O) groups is 2. The molecule has 0 spiro atoms.